The second-order valence-electron chi connectivity index (χ2n) is 10.1. The molecule has 1 saturated heterocycles. The summed E-state index contributed by atoms with van der Waals surface area (Å²) in [5.41, 5.74) is 5.26. The summed E-state index contributed by atoms with van der Waals surface area (Å²) in [7, 11) is 4.12. The van der Waals surface area contributed by atoms with Gasteiger partial charge in [0.15, 0.2) is 5.58 Å². The van der Waals surface area contributed by atoms with E-state index in [9.17, 15) is 0 Å². The van der Waals surface area contributed by atoms with Crippen molar-refractivity contribution in [3.8, 4) is 5.75 Å². The molecule has 1 fully saturated rings. The van der Waals surface area contributed by atoms with Crippen LogP contribution in [0, 0.1) is 5.92 Å². The van der Waals surface area contributed by atoms with Crippen LogP contribution in [0.4, 0.5) is 0 Å². The third-order valence-corrected chi connectivity index (χ3v) is 7.10. The first-order valence-corrected chi connectivity index (χ1v) is 13.0. The molecule has 5 rings (SSSR count). The Kier molecular flexibility index (Phi) is 13.5. The molecule has 0 amide bonds. The third-order valence-electron chi connectivity index (χ3n) is 7.10. The maximum atomic E-state index is 6.17. The van der Waals surface area contributed by atoms with E-state index >= 15 is 0 Å². The Morgan fingerprint density at radius 3 is 2.38 bits per heavy atom. The molecule has 2 aromatic carbocycles. The van der Waals surface area contributed by atoms with Gasteiger partial charge in [-0.05, 0) is 88.6 Å². The van der Waals surface area contributed by atoms with E-state index in [2.05, 4.69) is 76.5 Å². The van der Waals surface area contributed by atoms with Crippen molar-refractivity contribution >= 4 is 48.2 Å². The first-order valence-electron chi connectivity index (χ1n) is 13.0. The SMILES string of the molecule is CN(C)Cc1c(OCc2ccccn2)ccc2c(CCC3CCN(Cc4ccccc4)CC3)noc12.Cl.Cl.Cl. The van der Waals surface area contributed by atoms with E-state index < -0.39 is 0 Å². The third kappa shape index (κ3) is 8.82. The molecule has 0 unspecified atom stereocenters. The molecule has 0 bridgehead atoms. The summed E-state index contributed by atoms with van der Waals surface area (Å²) in [6, 6.07) is 20.8. The smallest absolute Gasteiger partial charge is 0.175 e. The van der Waals surface area contributed by atoms with Gasteiger partial charge in [0, 0.05) is 24.7 Å². The van der Waals surface area contributed by atoms with Crippen molar-refractivity contribution < 1.29 is 9.26 Å². The highest BCUT2D eigenvalue weighted by molar-refractivity contribution is 5.86. The maximum absolute atomic E-state index is 6.17. The Morgan fingerprint density at radius 2 is 1.69 bits per heavy atom. The van der Waals surface area contributed by atoms with Crippen molar-refractivity contribution in [2.75, 3.05) is 27.2 Å². The first kappa shape index (κ1) is 32.9. The van der Waals surface area contributed by atoms with Gasteiger partial charge < -0.3 is 14.2 Å². The zero-order chi connectivity index (χ0) is 24.7. The molecule has 0 atom stereocenters. The highest BCUT2D eigenvalue weighted by Crippen LogP contribution is 2.33. The first-order chi connectivity index (χ1) is 17.7. The number of rotatable bonds is 10. The van der Waals surface area contributed by atoms with Gasteiger partial charge in [0.25, 0.3) is 0 Å². The average Bonchev–Trinajstić information content (AvgIpc) is 3.32. The molecule has 0 spiro atoms. The minimum absolute atomic E-state index is 0. The monoisotopic (exact) mass is 592 g/mol. The Hall–Kier alpha value is -2.35. The number of hydrogen-bond donors (Lipinski definition) is 0. The lowest BCUT2D eigenvalue weighted by molar-refractivity contribution is 0.172. The minimum atomic E-state index is 0. The van der Waals surface area contributed by atoms with Crippen LogP contribution in [0.1, 0.15) is 41.8 Å². The molecule has 9 heteroatoms. The number of fused-ring (bicyclic) bond motifs is 1. The largest absolute Gasteiger partial charge is 0.487 e. The zero-order valence-electron chi connectivity index (χ0n) is 22.6. The van der Waals surface area contributed by atoms with Gasteiger partial charge in [-0.1, -0.05) is 41.6 Å². The second-order valence-corrected chi connectivity index (χ2v) is 10.1. The normalized spacial score (nSPS) is 13.9. The highest BCUT2D eigenvalue weighted by atomic mass is 35.5. The number of pyridine rings is 1. The van der Waals surface area contributed by atoms with E-state index in [1.807, 2.05) is 18.2 Å². The quantitative estimate of drug-likeness (QED) is 0.198. The molecule has 0 N–H and O–H groups in total. The number of aryl methyl sites for hydroxylation is 1. The molecule has 0 aliphatic carbocycles. The van der Waals surface area contributed by atoms with Gasteiger partial charge in [-0.2, -0.15) is 0 Å². The van der Waals surface area contributed by atoms with Crippen molar-refractivity contribution in [3.63, 3.8) is 0 Å². The summed E-state index contributed by atoms with van der Waals surface area (Å²) in [5, 5.41) is 5.62. The van der Waals surface area contributed by atoms with Gasteiger partial charge in [-0.15, -0.1) is 37.2 Å². The highest BCUT2D eigenvalue weighted by Gasteiger charge is 2.22. The summed E-state index contributed by atoms with van der Waals surface area (Å²) in [6.07, 6.45) is 6.39. The molecule has 6 nitrogen and oxygen atoms in total. The number of benzene rings is 2. The van der Waals surface area contributed by atoms with Crippen LogP contribution in [0.3, 0.4) is 0 Å². The van der Waals surface area contributed by atoms with Gasteiger partial charge in [0.1, 0.15) is 12.4 Å². The van der Waals surface area contributed by atoms with Crippen LogP contribution in [-0.2, 0) is 26.1 Å². The van der Waals surface area contributed by atoms with Gasteiger partial charge >= 0.3 is 0 Å². The maximum Gasteiger partial charge on any atom is 0.175 e. The molecule has 1 aliphatic heterocycles. The van der Waals surface area contributed by atoms with Crippen LogP contribution in [0.2, 0.25) is 0 Å². The molecule has 3 heterocycles. The van der Waals surface area contributed by atoms with E-state index in [4.69, 9.17) is 9.26 Å². The number of ether oxygens (including phenoxy) is 1. The van der Waals surface area contributed by atoms with Crippen LogP contribution < -0.4 is 4.74 Å². The number of aromatic nitrogens is 2. The lowest BCUT2D eigenvalue weighted by Crippen LogP contribution is -2.33. The molecular formula is C30H39Cl3N4O2. The average molecular weight is 594 g/mol. The molecule has 1 aliphatic rings. The number of likely N-dealkylation sites (tertiary alicyclic amines) is 1. The number of nitrogens with zero attached hydrogens (tertiary/aromatic N) is 4. The van der Waals surface area contributed by atoms with Crippen molar-refractivity contribution in [1.82, 2.24) is 19.9 Å². The fraction of sp³-hybridized carbons (Fsp3) is 0.400. The molecule has 39 heavy (non-hydrogen) atoms. The van der Waals surface area contributed by atoms with Gasteiger partial charge in [0.2, 0.25) is 0 Å². The standard InChI is InChI=1S/C30H36N4O2.3ClH/c1-33(2)21-27-29(35-22-25-10-6-7-17-31-25)14-12-26-28(32-36-30(26)27)13-11-23-15-18-34(19-16-23)20-24-8-4-3-5-9-24;;;/h3-10,12,14,17,23H,11,13,15-16,18-22H2,1-2H3;3*1H. The topological polar surface area (TPSA) is 54.6 Å². The van der Waals surface area contributed by atoms with E-state index in [0.717, 1.165) is 65.5 Å². The van der Waals surface area contributed by atoms with Crippen molar-refractivity contribution in [1.29, 1.82) is 0 Å². The van der Waals surface area contributed by atoms with Crippen LogP contribution in [0.5, 0.6) is 5.75 Å². The molecule has 0 saturated carbocycles. The summed E-state index contributed by atoms with van der Waals surface area (Å²) in [5.74, 6) is 1.57. The zero-order valence-corrected chi connectivity index (χ0v) is 25.1. The summed E-state index contributed by atoms with van der Waals surface area (Å²) < 4.78 is 12.1. The second kappa shape index (κ2) is 16.0. The van der Waals surface area contributed by atoms with Crippen LogP contribution in [-0.4, -0.2) is 47.1 Å². The Labute approximate surface area is 250 Å². The predicted octanol–water partition coefficient (Wildman–Crippen LogP) is 6.97. The molecule has 2 aromatic heterocycles. The van der Waals surface area contributed by atoms with Crippen molar-refractivity contribution in [2.24, 2.45) is 5.92 Å². The van der Waals surface area contributed by atoms with Gasteiger partial charge in [-0.25, -0.2) is 0 Å². The summed E-state index contributed by atoms with van der Waals surface area (Å²) in [4.78, 5) is 9.08. The van der Waals surface area contributed by atoms with E-state index in [1.54, 1.807) is 6.20 Å². The molecule has 4 aromatic rings. The van der Waals surface area contributed by atoms with Crippen LogP contribution in [0.15, 0.2) is 71.4 Å². The Bertz CT molecular complexity index is 1250. The van der Waals surface area contributed by atoms with Gasteiger partial charge in [-0.3, -0.25) is 9.88 Å². The van der Waals surface area contributed by atoms with Crippen LogP contribution in [0.25, 0.3) is 11.0 Å². The fourth-order valence-electron chi connectivity index (χ4n) is 5.12. The predicted molar refractivity (Wildman–Crippen MR) is 164 cm³/mol. The van der Waals surface area contributed by atoms with Gasteiger partial charge in [0.05, 0.1) is 17.0 Å². The number of halogens is 3. The van der Waals surface area contributed by atoms with Crippen molar-refractivity contribution in [3.05, 3.63) is 89.4 Å². The summed E-state index contributed by atoms with van der Waals surface area (Å²) >= 11 is 0. The molecular weight excluding hydrogens is 555 g/mol. The minimum Gasteiger partial charge on any atom is -0.487 e. The summed E-state index contributed by atoms with van der Waals surface area (Å²) in [6.45, 7) is 4.55. The fourth-order valence-corrected chi connectivity index (χ4v) is 5.12. The molecule has 212 valence electrons. The molecule has 0 radical (unpaired) electrons. The van der Waals surface area contributed by atoms with E-state index in [0.29, 0.717) is 6.61 Å². The number of piperidine rings is 1. The Morgan fingerprint density at radius 1 is 0.949 bits per heavy atom. The van der Waals surface area contributed by atoms with Crippen molar-refractivity contribution in [2.45, 2.75) is 45.4 Å². The lowest BCUT2D eigenvalue weighted by Gasteiger charge is -2.31. The van der Waals surface area contributed by atoms with Crippen LogP contribution >= 0.6 is 37.2 Å². The number of hydrogen-bond acceptors (Lipinski definition) is 6. The lowest BCUT2D eigenvalue weighted by atomic mass is 9.91. The van der Waals surface area contributed by atoms with E-state index in [-0.39, 0.29) is 37.2 Å². The van der Waals surface area contributed by atoms with E-state index in [1.165, 1.54) is 31.5 Å². The Balaban J connectivity index is 0.00000178.